The molecule has 0 saturated carbocycles. The van der Waals surface area contributed by atoms with Crippen molar-refractivity contribution < 1.29 is 52.7 Å². The number of hydrogen-bond acceptors (Lipinski definition) is 11. The monoisotopic (exact) mass is 513 g/mol. The van der Waals surface area contributed by atoms with Crippen molar-refractivity contribution >= 4 is 24.4 Å². The first-order valence-corrected chi connectivity index (χ1v) is 11.4. The number of carboxylic acids is 1. The fraction of sp³-hybridized carbons (Fsp3) is 0.583. The standard InChI is InChI=1S/C24H35NO11/c1-8-31-20(28)34-17-11-10-16(12-18(17)35-21(29)32-9-2)13-24(19(26)27,25-15(3)4)36-22(30)33-14-23(5,6)7/h10-12,15,25H,8-9,13-14H2,1-7H3,(H,26,27)/t24-/m0/s1. The molecule has 0 amide bonds. The lowest BCUT2D eigenvalue weighted by Gasteiger charge is -2.32. The molecule has 0 radical (unpaired) electrons. The van der Waals surface area contributed by atoms with Gasteiger partial charge >= 0.3 is 24.4 Å². The molecule has 12 heteroatoms. The Kier molecular flexibility index (Phi) is 11.5. The van der Waals surface area contributed by atoms with Crippen molar-refractivity contribution in [2.24, 2.45) is 5.41 Å². The minimum atomic E-state index is -2.23. The Morgan fingerprint density at radius 3 is 1.92 bits per heavy atom. The van der Waals surface area contributed by atoms with Gasteiger partial charge in [-0.15, -0.1) is 0 Å². The van der Waals surface area contributed by atoms with Crippen molar-refractivity contribution in [3.63, 3.8) is 0 Å². The third-order valence-electron chi connectivity index (χ3n) is 4.12. The number of ether oxygens (including phenoxy) is 6. The van der Waals surface area contributed by atoms with Crippen molar-refractivity contribution in [2.75, 3.05) is 19.8 Å². The SMILES string of the molecule is CCOC(=O)Oc1ccc(C[C@](NC(C)C)(OC(=O)OCC(C)(C)C)C(=O)O)cc1OC(=O)OCC. The van der Waals surface area contributed by atoms with E-state index in [9.17, 15) is 24.3 Å². The highest BCUT2D eigenvalue weighted by Gasteiger charge is 2.44. The van der Waals surface area contributed by atoms with Gasteiger partial charge in [-0.2, -0.15) is 0 Å². The summed E-state index contributed by atoms with van der Waals surface area (Å²) in [6.07, 6.45) is -3.68. The molecule has 0 saturated heterocycles. The van der Waals surface area contributed by atoms with E-state index < -0.39 is 42.6 Å². The van der Waals surface area contributed by atoms with E-state index in [1.165, 1.54) is 18.2 Å². The summed E-state index contributed by atoms with van der Waals surface area (Å²) in [5.41, 5.74) is -2.34. The highest BCUT2D eigenvalue weighted by Crippen LogP contribution is 2.31. The van der Waals surface area contributed by atoms with Crippen molar-refractivity contribution in [3.05, 3.63) is 23.8 Å². The third-order valence-corrected chi connectivity index (χ3v) is 4.12. The molecule has 0 fully saturated rings. The molecule has 2 N–H and O–H groups in total. The van der Waals surface area contributed by atoms with Crippen molar-refractivity contribution in [3.8, 4) is 11.5 Å². The fourth-order valence-electron chi connectivity index (χ4n) is 2.80. The summed E-state index contributed by atoms with van der Waals surface area (Å²) in [6.45, 7) is 12.1. The van der Waals surface area contributed by atoms with Gasteiger partial charge in [-0.25, -0.2) is 19.2 Å². The van der Waals surface area contributed by atoms with E-state index in [0.717, 1.165) is 0 Å². The first-order chi connectivity index (χ1) is 16.7. The second-order valence-corrected chi connectivity index (χ2v) is 9.16. The molecule has 1 aromatic carbocycles. The molecular weight excluding hydrogens is 478 g/mol. The zero-order chi connectivity index (χ0) is 27.5. The van der Waals surface area contributed by atoms with Crippen molar-refractivity contribution in [2.45, 2.75) is 66.7 Å². The molecule has 1 rings (SSSR count). The van der Waals surface area contributed by atoms with Crippen LogP contribution in [-0.2, 0) is 30.2 Å². The topological polar surface area (TPSA) is 156 Å². The minimum Gasteiger partial charge on any atom is -0.477 e. The summed E-state index contributed by atoms with van der Waals surface area (Å²) in [4.78, 5) is 48.4. The molecule has 0 bridgehead atoms. The van der Waals surface area contributed by atoms with Gasteiger partial charge in [0.15, 0.2) is 11.5 Å². The smallest absolute Gasteiger partial charge is 0.477 e. The average Bonchev–Trinajstić information content (AvgIpc) is 2.73. The van der Waals surface area contributed by atoms with Crippen LogP contribution in [0.4, 0.5) is 14.4 Å². The molecule has 36 heavy (non-hydrogen) atoms. The van der Waals surface area contributed by atoms with E-state index in [0.29, 0.717) is 0 Å². The van der Waals surface area contributed by atoms with E-state index in [1.807, 2.05) is 20.8 Å². The van der Waals surface area contributed by atoms with Crippen molar-refractivity contribution in [1.29, 1.82) is 0 Å². The summed E-state index contributed by atoms with van der Waals surface area (Å²) < 4.78 is 30.1. The van der Waals surface area contributed by atoms with Crippen LogP contribution in [0.2, 0.25) is 0 Å². The largest absolute Gasteiger partial charge is 0.513 e. The molecule has 202 valence electrons. The number of carboxylic acid groups (broad SMARTS) is 1. The second-order valence-electron chi connectivity index (χ2n) is 9.16. The van der Waals surface area contributed by atoms with E-state index >= 15 is 0 Å². The molecule has 0 aliphatic heterocycles. The number of aliphatic carboxylic acids is 1. The molecule has 0 heterocycles. The molecule has 12 nitrogen and oxygen atoms in total. The zero-order valence-electron chi connectivity index (χ0n) is 21.7. The number of benzene rings is 1. The van der Waals surface area contributed by atoms with Crippen LogP contribution >= 0.6 is 0 Å². The van der Waals surface area contributed by atoms with Crippen LogP contribution in [-0.4, -0.2) is 61.1 Å². The summed E-state index contributed by atoms with van der Waals surface area (Å²) in [5, 5.41) is 12.8. The van der Waals surface area contributed by atoms with Gasteiger partial charge in [-0.05, 0) is 50.8 Å². The Morgan fingerprint density at radius 2 is 1.44 bits per heavy atom. The quantitative estimate of drug-likeness (QED) is 0.188. The Bertz CT molecular complexity index is 923. The molecule has 0 unspecified atom stereocenters. The molecule has 0 aromatic heterocycles. The summed E-state index contributed by atoms with van der Waals surface area (Å²) in [5.74, 6) is -1.89. The maximum Gasteiger partial charge on any atom is 0.513 e. The van der Waals surface area contributed by atoms with Crippen LogP contribution in [0.1, 0.15) is 54.0 Å². The Hall–Kier alpha value is -3.54. The van der Waals surface area contributed by atoms with Gasteiger partial charge in [0, 0.05) is 12.5 Å². The number of rotatable bonds is 11. The lowest BCUT2D eigenvalue weighted by Crippen LogP contribution is -2.59. The predicted molar refractivity (Wildman–Crippen MR) is 126 cm³/mol. The predicted octanol–water partition coefficient (Wildman–Crippen LogP) is 4.28. The minimum absolute atomic E-state index is 0.000630. The molecular formula is C24H35NO11. The fourth-order valence-corrected chi connectivity index (χ4v) is 2.80. The van der Waals surface area contributed by atoms with E-state index in [-0.39, 0.29) is 42.3 Å². The van der Waals surface area contributed by atoms with E-state index in [2.05, 4.69) is 5.32 Å². The van der Waals surface area contributed by atoms with Crippen molar-refractivity contribution in [1.82, 2.24) is 5.32 Å². The summed E-state index contributed by atoms with van der Waals surface area (Å²) in [6, 6.07) is 3.53. The lowest BCUT2D eigenvalue weighted by molar-refractivity contribution is -0.167. The summed E-state index contributed by atoms with van der Waals surface area (Å²) in [7, 11) is 0. The normalized spacial score (nSPS) is 12.8. The van der Waals surface area contributed by atoms with Gasteiger partial charge in [0.1, 0.15) is 0 Å². The molecule has 1 aromatic rings. The van der Waals surface area contributed by atoms with Crippen LogP contribution < -0.4 is 14.8 Å². The summed E-state index contributed by atoms with van der Waals surface area (Å²) >= 11 is 0. The third kappa shape index (κ3) is 10.4. The van der Waals surface area contributed by atoms with Gasteiger partial charge in [0.2, 0.25) is 0 Å². The zero-order valence-corrected chi connectivity index (χ0v) is 21.7. The lowest BCUT2D eigenvalue weighted by atomic mass is 9.99. The number of carbonyl (C=O) groups is 4. The van der Waals surface area contributed by atoms with Crippen LogP contribution in [0.5, 0.6) is 11.5 Å². The molecule has 0 spiro atoms. The van der Waals surface area contributed by atoms with Crippen LogP contribution in [0, 0.1) is 5.41 Å². The number of nitrogens with one attached hydrogen (secondary N) is 1. The maximum atomic E-state index is 12.4. The van der Waals surface area contributed by atoms with Gasteiger partial charge in [-0.1, -0.05) is 26.8 Å². The number of hydrogen-bond donors (Lipinski definition) is 2. The first-order valence-electron chi connectivity index (χ1n) is 11.4. The van der Waals surface area contributed by atoms with E-state index in [4.69, 9.17) is 28.4 Å². The van der Waals surface area contributed by atoms with Crippen LogP contribution in [0.15, 0.2) is 18.2 Å². The first kappa shape index (κ1) is 30.5. The van der Waals surface area contributed by atoms with Gasteiger partial charge < -0.3 is 33.5 Å². The Morgan fingerprint density at radius 1 is 0.889 bits per heavy atom. The highest BCUT2D eigenvalue weighted by atomic mass is 16.8. The number of carbonyl (C=O) groups excluding carboxylic acids is 3. The molecule has 1 atom stereocenters. The van der Waals surface area contributed by atoms with Gasteiger partial charge in [-0.3, -0.25) is 5.32 Å². The maximum absolute atomic E-state index is 12.4. The van der Waals surface area contributed by atoms with Gasteiger partial charge in [0.05, 0.1) is 19.8 Å². The van der Waals surface area contributed by atoms with Gasteiger partial charge in [0.25, 0.3) is 5.72 Å². The Balaban J connectivity index is 3.36. The van der Waals surface area contributed by atoms with Crippen LogP contribution in [0.25, 0.3) is 0 Å². The molecule has 0 aliphatic carbocycles. The average molecular weight is 514 g/mol. The highest BCUT2D eigenvalue weighted by molar-refractivity contribution is 5.80. The molecule has 0 aliphatic rings. The van der Waals surface area contributed by atoms with Crippen LogP contribution in [0.3, 0.4) is 0 Å². The second kappa shape index (κ2) is 13.5. The Labute approximate surface area is 210 Å². The van der Waals surface area contributed by atoms with E-state index in [1.54, 1.807) is 27.7 Å².